The fourth-order valence-corrected chi connectivity index (χ4v) is 3.78. The molecule has 0 aromatic heterocycles. The zero-order chi connectivity index (χ0) is 15.4. The minimum absolute atomic E-state index is 0.256. The van der Waals surface area contributed by atoms with Gasteiger partial charge in [0.2, 0.25) is 0 Å². The topological polar surface area (TPSA) is 15.7 Å². The largest absolute Gasteiger partial charge is 0.494 e. The van der Waals surface area contributed by atoms with Crippen molar-refractivity contribution >= 4 is 0 Å². The van der Waals surface area contributed by atoms with E-state index in [2.05, 4.69) is 9.80 Å². The van der Waals surface area contributed by atoms with Crippen LogP contribution in [0.3, 0.4) is 0 Å². The zero-order valence-corrected chi connectivity index (χ0v) is 13.6. The predicted octanol–water partition coefficient (Wildman–Crippen LogP) is 3.28. The minimum Gasteiger partial charge on any atom is -0.494 e. The Balaban J connectivity index is 1.64. The number of rotatable bonds is 5. The second-order valence-electron chi connectivity index (χ2n) is 6.60. The summed E-state index contributed by atoms with van der Waals surface area (Å²) in [5.41, 5.74) is 1.05. The fourth-order valence-electron chi connectivity index (χ4n) is 3.78. The van der Waals surface area contributed by atoms with Crippen molar-refractivity contribution in [2.24, 2.45) is 0 Å². The van der Waals surface area contributed by atoms with Gasteiger partial charge in [-0.05, 0) is 63.0 Å². The highest BCUT2D eigenvalue weighted by molar-refractivity contribution is 5.29. The molecule has 0 aliphatic carbocycles. The van der Waals surface area contributed by atoms with Gasteiger partial charge in [-0.2, -0.15) is 0 Å². The molecule has 3 rings (SSSR count). The zero-order valence-electron chi connectivity index (χ0n) is 13.6. The van der Waals surface area contributed by atoms with Crippen LogP contribution in [0.5, 0.6) is 5.75 Å². The summed E-state index contributed by atoms with van der Waals surface area (Å²) in [7, 11) is 1.51. The van der Waals surface area contributed by atoms with Gasteiger partial charge in [-0.3, -0.25) is 4.90 Å². The summed E-state index contributed by atoms with van der Waals surface area (Å²) in [5, 5.41) is 0. The molecule has 22 heavy (non-hydrogen) atoms. The minimum atomic E-state index is -0.256. The van der Waals surface area contributed by atoms with Gasteiger partial charge in [0, 0.05) is 19.1 Å². The van der Waals surface area contributed by atoms with E-state index in [1.54, 1.807) is 12.1 Å². The van der Waals surface area contributed by atoms with Crippen LogP contribution in [0.15, 0.2) is 18.2 Å². The highest BCUT2D eigenvalue weighted by atomic mass is 19.1. The summed E-state index contributed by atoms with van der Waals surface area (Å²) in [5.74, 6) is 0.0733. The first-order chi connectivity index (χ1) is 10.8. The Labute approximate surface area is 133 Å². The summed E-state index contributed by atoms with van der Waals surface area (Å²) in [6.45, 7) is 5.66. The number of piperidine rings is 1. The van der Waals surface area contributed by atoms with Crippen LogP contribution in [0.2, 0.25) is 0 Å². The molecule has 1 unspecified atom stereocenters. The summed E-state index contributed by atoms with van der Waals surface area (Å²) < 4.78 is 18.9. The molecule has 1 aromatic carbocycles. The van der Waals surface area contributed by atoms with E-state index in [0.717, 1.165) is 18.7 Å². The van der Waals surface area contributed by atoms with E-state index in [9.17, 15) is 4.39 Å². The number of hydrogen-bond acceptors (Lipinski definition) is 3. The molecule has 0 bridgehead atoms. The molecule has 2 fully saturated rings. The molecule has 0 radical (unpaired) electrons. The van der Waals surface area contributed by atoms with Gasteiger partial charge in [-0.25, -0.2) is 4.39 Å². The average Bonchev–Trinajstić information content (AvgIpc) is 3.02. The lowest BCUT2D eigenvalue weighted by molar-refractivity contribution is 0.106. The van der Waals surface area contributed by atoms with Crippen LogP contribution < -0.4 is 4.74 Å². The molecule has 122 valence electrons. The summed E-state index contributed by atoms with van der Waals surface area (Å²) in [6, 6.07) is 5.98. The smallest absolute Gasteiger partial charge is 0.165 e. The molecule has 2 aliphatic heterocycles. The molecule has 1 aromatic rings. The van der Waals surface area contributed by atoms with Crippen molar-refractivity contribution < 1.29 is 9.13 Å². The molecule has 2 saturated heterocycles. The lowest BCUT2D eigenvalue weighted by Gasteiger charge is -2.38. The molecule has 1 atom stereocenters. The molecular formula is C18H27FN2O. The number of ether oxygens (including phenoxy) is 1. The van der Waals surface area contributed by atoms with Crippen molar-refractivity contribution in [3.63, 3.8) is 0 Å². The standard InChI is InChI=1S/C18H27FN2O/c1-22-18-8-7-15(12-17(18)19)13-21-11-3-2-6-16(21)14-20-9-4-5-10-20/h7-8,12,16H,2-6,9-11,13-14H2,1H3. The first kappa shape index (κ1) is 15.8. The number of likely N-dealkylation sites (tertiary alicyclic amines) is 2. The molecular weight excluding hydrogens is 279 g/mol. The first-order valence-corrected chi connectivity index (χ1v) is 8.55. The van der Waals surface area contributed by atoms with Gasteiger partial charge in [-0.15, -0.1) is 0 Å². The highest BCUT2D eigenvalue weighted by Gasteiger charge is 2.25. The van der Waals surface area contributed by atoms with Crippen molar-refractivity contribution in [1.29, 1.82) is 0 Å². The molecule has 0 spiro atoms. The van der Waals surface area contributed by atoms with Crippen molar-refractivity contribution in [3.05, 3.63) is 29.6 Å². The van der Waals surface area contributed by atoms with E-state index in [-0.39, 0.29) is 5.82 Å². The summed E-state index contributed by atoms with van der Waals surface area (Å²) >= 11 is 0. The Morgan fingerprint density at radius 3 is 2.64 bits per heavy atom. The van der Waals surface area contributed by atoms with Crippen LogP contribution in [0.1, 0.15) is 37.7 Å². The van der Waals surface area contributed by atoms with E-state index in [0.29, 0.717) is 11.8 Å². The van der Waals surface area contributed by atoms with Gasteiger partial charge >= 0.3 is 0 Å². The van der Waals surface area contributed by atoms with Gasteiger partial charge in [-0.1, -0.05) is 12.5 Å². The van der Waals surface area contributed by atoms with Crippen LogP contribution in [0, 0.1) is 5.82 Å². The van der Waals surface area contributed by atoms with E-state index in [4.69, 9.17) is 4.74 Å². The Morgan fingerprint density at radius 1 is 1.14 bits per heavy atom. The number of methoxy groups -OCH3 is 1. The maximum Gasteiger partial charge on any atom is 0.165 e. The van der Waals surface area contributed by atoms with Crippen molar-refractivity contribution in [3.8, 4) is 5.75 Å². The molecule has 4 heteroatoms. The maximum atomic E-state index is 13.9. The Bertz CT molecular complexity index is 488. The number of halogens is 1. The highest BCUT2D eigenvalue weighted by Crippen LogP contribution is 2.24. The van der Waals surface area contributed by atoms with Crippen LogP contribution in [0.4, 0.5) is 4.39 Å². The maximum absolute atomic E-state index is 13.9. The van der Waals surface area contributed by atoms with E-state index < -0.39 is 0 Å². The van der Waals surface area contributed by atoms with E-state index in [1.807, 2.05) is 6.07 Å². The third kappa shape index (κ3) is 3.79. The number of hydrogen-bond donors (Lipinski definition) is 0. The summed E-state index contributed by atoms with van der Waals surface area (Å²) in [6.07, 6.45) is 6.54. The quantitative estimate of drug-likeness (QED) is 0.830. The molecule has 0 saturated carbocycles. The predicted molar refractivity (Wildman–Crippen MR) is 86.7 cm³/mol. The van der Waals surface area contributed by atoms with Crippen LogP contribution in [0.25, 0.3) is 0 Å². The van der Waals surface area contributed by atoms with Crippen LogP contribution in [-0.2, 0) is 6.54 Å². The second kappa shape index (κ2) is 7.42. The van der Waals surface area contributed by atoms with Gasteiger partial charge < -0.3 is 9.64 Å². The molecule has 2 aliphatic rings. The lowest BCUT2D eigenvalue weighted by Crippen LogP contribution is -2.45. The Kier molecular flexibility index (Phi) is 5.32. The number of nitrogens with zero attached hydrogens (tertiary/aromatic N) is 2. The molecule has 0 N–H and O–H groups in total. The van der Waals surface area contributed by atoms with Gasteiger partial charge in [0.05, 0.1) is 7.11 Å². The van der Waals surface area contributed by atoms with Crippen LogP contribution >= 0.6 is 0 Å². The van der Waals surface area contributed by atoms with Crippen molar-refractivity contribution in [1.82, 2.24) is 9.80 Å². The third-order valence-electron chi connectivity index (χ3n) is 5.02. The first-order valence-electron chi connectivity index (χ1n) is 8.55. The fraction of sp³-hybridized carbons (Fsp3) is 0.667. The molecule has 3 nitrogen and oxygen atoms in total. The normalized spacial score (nSPS) is 23.8. The van der Waals surface area contributed by atoms with E-state index >= 15 is 0 Å². The lowest BCUT2D eigenvalue weighted by atomic mass is 10.0. The van der Waals surface area contributed by atoms with E-state index in [1.165, 1.54) is 58.8 Å². The van der Waals surface area contributed by atoms with Crippen molar-refractivity contribution in [2.75, 3.05) is 33.3 Å². The summed E-state index contributed by atoms with van der Waals surface area (Å²) in [4.78, 5) is 5.14. The Morgan fingerprint density at radius 2 is 1.91 bits per heavy atom. The van der Waals surface area contributed by atoms with Crippen molar-refractivity contribution in [2.45, 2.75) is 44.7 Å². The molecule has 2 heterocycles. The molecule has 0 amide bonds. The van der Waals surface area contributed by atoms with Gasteiger partial charge in [0.15, 0.2) is 11.6 Å². The monoisotopic (exact) mass is 306 g/mol. The van der Waals surface area contributed by atoms with Crippen LogP contribution in [-0.4, -0.2) is 49.1 Å². The average molecular weight is 306 g/mol. The second-order valence-corrected chi connectivity index (χ2v) is 6.60. The van der Waals surface area contributed by atoms with Gasteiger partial charge in [0.1, 0.15) is 0 Å². The Hall–Kier alpha value is -1.13. The van der Waals surface area contributed by atoms with Gasteiger partial charge in [0.25, 0.3) is 0 Å². The number of benzene rings is 1. The SMILES string of the molecule is COc1ccc(CN2CCCCC2CN2CCCC2)cc1F. The third-order valence-corrected chi connectivity index (χ3v) is 5.02.